The molecular formula is C31H38ClN3O4S. The van der Waals surface area contributed by atoms with Crippen LogP contribution in [0.2, 0.25) is 5.02 Å². The van der Waals surface area contributed by atoms with Crippen molar-refractivity contribution < 1.29 is 18.0 Å². The Hall–Kier alpha value is -3.36. The van der Waals surface area contributed by atoms with Crippen LogP contribution in [0, 0.1) is 6.92 Å². The molecule has 3 aromatic carbocycles. The highest BCUT2D eigenvalue weighted by Crippen LogP contribution is 2.29. The number of carbonyl (C=O) groups is 2. The summed E-state index contributed by atoms with van der Waals surface area (Å²) in [5.41, 5.74) is 1.98. The van der Waals surface area contributed by atoms with Crippen LogP contribution in [-0.2, 0) is 26.0 Å². The van der Waals surface area contributed by atoms with Crippen molar-refractivity contribution in [2.45, 2.75) is 57.4 Å². The number of nitrogens with zero attached hydrogens (tertiary/aromatic N) is 2. The molecule has 1 atom stereocenters. The van der Waals surface area contributed by atoms with Crippen LogP contribution in [-0.4, -0.2) is 50.8 Å². The molecule has 1 unspecified atom stereocenters. The summed E-state index contributed by atoms with van der Waals surface area (Å²) in [6, 6.07) is 21.9. The quantitative estimate of drug-likeness (QED) is 0.250. The van der Waals surface area contributed by atoms with Crippen LogP contribution in [0.4, 0.5) is 5.69 Å². The number of aryl methyl sites for hydroxylation is 1. The molecule has 0 spiro atoms. The lowest BCUT2D eigenvalue weighted by Crippen LogP contribution is -2.53. The van der Waals surface area contributed by atoms with Gasteiger partial charge in [-0.15, -0.1) is 0 Å². The molecule has 2 amide bonds. The van der Waals surface area contributed by atoms with Gasteiger partial charge in [0.2, 0.25) is 11.8 Å². The first-order chi connectivity index (χ1) is 19.2. The maximum atomic E-state index is 14.1. The largest absolute Gasteiger partial charge is 0.354 e. The Kier molecular flexibility index (Phi) is 11.6. The maximum Gasteiger partial charge on any atom is 0.264 e. The number of nitrogens with one attached hydrogen (secondary N) is 1. The van der Waals surface area contributed by atoms with Crippen molar-refractivity contribution in [1.29, 1.82) is 0 Å². The summed E-state index contributed by atoms with van der Waals surface area (Å²) in [6.07, 6.45) is 2.68. The van der Waals surface area contributed by atoms with Crippen LogP contribution in [0.3, 0.4) is 0 Å². The molecule has 40 heavy (non-hydrogen) atoms. The van der Waals surface area contributed by atoms with Crippen LogP contribution in [0.5, 0.6) is 0 Å². The van der Waals surface area contributed by atoms with Gasteiger partial charge in [-0.1, -0.05) is 80.4 Å². The molecule has 1 N–H and O–H groups in total. The van der Waals surface area contributed by atoms with Crippen molar-refractivity contribution in [3.05, 3.63) is 95.0 Å². The topological polar surface area (TPSA) is 86.8 Å². The lowest BCUT2D eigenvalue weighted by Gasteiger charge is -2.33. The molecule has 0 heterocycles. The van der Waals surface area contributed by atoms with Gasteiger partial charge in [0.25, 0.3) is 10.0 Å². The zero-order chi connectivity index (χ0) is 29.1. The fourth-order valence-corrected chi connectivity index (χ4v) is 6.26. The predicted molar refractivity (Wildman–Crippen MR) is 161 cm³/mol. The molecule has 3 aromatic rings. The molecule has 0 aliphatic heterocycles. The standard InChI is InChI=1S/C31H38ClN3O4S/c1-4-6-20-33-31(37)28(5-2)34(21-19-25-13-9-7-10-14-25)30(36)23-35(29-18-17-26(32)22-24(29)3)40(38,39)27-15-11-8-12-16-27/h7-18,22,28H,4-6,19-21,23H2,1-3H3,(H,33,37). The van der Waals surface area contributed by atoms with Crippen LogP contribution in [0.15, 0.2) is 83.8 Å². The van der Waals surface area contributed by atoms with Gasteiger partial charge in [-0.25, -0.2) is 8.42 Å². The minimum absolute atomic E-state index is 0.0670. The molecule has 0 saturated heterocycles. The van der Waals surface area contributed by atoms with Gasteiger partial charge < -0.3 is 10.2 Å². The predicted octanol–water partition coefficient (Wildman–Crippen LogP) is 5.61. The fraction of sp³-hybridized carbons (Fsp3) is 0.355. The van der Waals surface area contributed by atoms with Crippen molar-refractivity contribution in [1.82, 2.24) is 10.2 Å². The normalized spacial score (nSPS) is 12.0. The smallest absolute Gasteiger partial charge is 0.264 e. The fourth-order valence-electron chi connectivity index (χ4n) is 4.53. The Morgan fingerprint density at radius 1 is 0.950 bits per heavy atom. The molecule has 0 aliphatic carbocycles. The van der Waals surface area contributed by atoms with Crippen LogP contribution in [0.25, 0.3) is 0 Å². The molecular weight excluding hydrogens is 546 g/mol. The molecule has 7 nitrogen and oxygen atoms in total. The molecule has 0 bridgehead atoms. The zero-order valence-electron chi connectivity index (χ0n) is 23.3. The van der Waals surface area contributed by atoms with Gasteiger partial charge in [0.15, 0.2) is 0 Å². The SMILES string of the molecule is CCCCNC(=O)C(CC)N(CCc1ccccc1)C(=O)CN(c1ccc(Cl)cc1C)S(=O)(=O)c1ccccc1. The van der Waals surface area contributed by atoms with Crippen molar-refractivity contribution in [3.63, 3.8) is 0 Å². The van der Waals surface area contributed by atoms with Crippen LogP contribution in [0.1, 0.15) is 44.2 Å². The number of sulfonamides is 1. The number of unbranched alkanes of at least 4 members (excludes halogenated alkanes) is 1. The Labute approximate surface area is 243 Å². The van der Waals surface area contributed by atoms with E-state index in [-0.39, 0.29) is 17.3 Å². The number of halogens is 1. The summed E-state index contributed by atoms with van der Waals surface area (Å²) in [5.74, 6) is -0.695. The number of carbonyl (C=O) groups excluding carboxylic acids is 2. The van der Waals surface area contributed by atoms with Crippen LogP contribution >= 0.6 is 11.6 Å². The zero-order valence-corrected chi connectivity index (χ0v) is 24.9. The number of anilines is 1. The molecule has 0 saturated carbocycles. The number of hydrogen-bond donors (Lipinski definition) is 1. The van der Waals surface area contributed by atoms with E-state index >= 15 is 0 Å². The van der Waals surface area contributed by atoms with Crippen molar-refractivity contribution in [2.24, 2.45) is 0 Å². The first-order valence-electron chi connectivity index (χ1n) is 13.6. The molecule has 0 aromatic heterocycles. The maximum absolute atomic E-state index is 14.1. The van der Waals surface area contributed by atoms with Crippen molar-refractivity contribution in [3.8, 4) is 0 Å². The summed E-state index contributed by atoms with van der Waals surface area (Å²) in [7, 11) is -4.11. The average molecular weight is 584 g/mol. The Bertz CT molecular complexity index is 1370. The van der Waals surface area contributed by atoms with Gasteiger partial charge in [0.1, 0.15) is 12.6 Å². The van der Waals surface area contributed by atoms with E-state index in [2.05, 4.69) is 5.32 Å². The number of hydrogen-bond acceptors (Lipinski definition) is 4. The number of rotatable bonds is 14. The van der Waals surface area contributed by atoms with E-state index in [1.54, 1.807) is 43.3 Å². The van der Waals surface area contributed by atoms with E-state index in [1.807, 2.05) is 44.2 Å². The first-order valence-corrected chi connectivity index (χ1v) is 15.5. The highest BCUT2D eigenvalue weighted by Gasteiger charge is 2.33. The Balaban J connectivity index is 2.00. The summed E-state index contributed by atoms with van der Waals surface area (Å²) in [4.78, 5) is 28.9. The van der Waals surface area contributed by atoms with E-state index in [1.165, 1.54) is 17.0 Å². The minimum atomic E-state index is -4.11. The molecule has 0 radical (unpaired) electrons. The van der Waals surface area contributed by atoms with Crippen LogP contribution < -0.4 is 9.62 Å². The summed E-state index contributed by atoms with van der Waals surface area (Å²) in [5, 5.41) is 3.41. The third-order valence-electron chi connectivity index (χ3n) is 6.74. The second-order valence-corrected chi connectivity index (χ2v) is 11.9. The van der Waals surface area contributed by atoms with E-state index in [0.29, 0.717) is 35.7 Å². The third kappa shape index (κ3) is 8.08. The van der Waals surface area contributed by atoms with Gasteiger partial charge in [0.05, 0.1) is 10.6 Å². The van der Waals surface area contributed by atoms with Gasteiger partial charge >= 0.3 is 0 Å². The second-order valence-electron chi connectivity index (χ2n) is 9.65. The summed E-state index contributed by atoms with van der Waals surface area (Å²) >= 11 is 6.17. The monoisotopic (exact) mass is 583 g/mol. The molecule has 214 valence electrons. The molecule has 0 aliphatic rings. The van der Waals surface area contributed by atoms with E-state index in [4.69, 9.17) is 11.6 Å². The van der Waals surface area contributed by atoms with Crippen molar-refractivity contribution in [2.75, 3.05) is 23.9 Å². The molecule has 3 rings (SSSR count). The average Bonchev–Trinajstić information content (AvgIpc) is 2.95. The van der Waals surface area contributed by atoms with Gasteiger partial charge in [-0.3, -0.25) is 13.9 Å². The molecule has 0 fully saturated rings. The number of benzene rings is 3. The lowest BCUT2D eigenvalue weighted by molar-refractivity contribution is -0.139. The van der Waals surface area contributed by atoms with Gasteiger partial charge in [-0.05, 0) is 67.6 Å². The van der Waals surface area contributed by atoms with Gasteiger partial charge in [-0.2, -0.15) is 0 Å². The highest BCUT2D eigenvalue weighted by molar-refractivity contribution is 7.92. The van der Waals surface area contributed by atoms with E-state index in [0.717, 1.165) is 22.7 Å². The second kappa shape index (κ2) is 14.9. The van der Waals surface area contributed by atoms with Gasteiger partial charge in [0, 0.05) is 18.1 Å². The van der Waals surface area contributed by atoms with E-state index < -0.39 is 28.5 Å². The van der Waals surface area contributed by atoms with Crippen molar-refractivity contribution >= 4 is 39.1 Å². The Morgan fingerprint density at radius 2 is 1.60 bits per heavy atom. The first kappa shape index (κ1) is 31.2. The Morgan fingerprint density at radius 3 is 2.20 bits per heavy atom. The summed E-state index contributed by atoms with van der Waals surface area (Å²) < 4.78 is 28.9. The minimum Gasteiger partial charge on any atom is -0.354 e. The van der Waals surface area contributed by atoms with E-state index in [9.17, 15) is 18.0 Å². The lowest BCUT2D eigenvalue weighted by atomic mass is 10.1. The summed E-state index contributed by atoms with van der Waals surface area (Å²) in [6.45, 7) is 5.97. The third-order valence-corrected chi connectivity index (χ3v) is 8.75. The number of amides is 2. The highest BCUT2D eigenvalue weighted by atomic mass is 35.5. The molecule has 9 heteroatoms.